The zero-order valence-electron chi connectivity index (χ0n) is 22.4. The standard InChI is InChI=1S/C31H26N2O9/c1-19-17-33(31(38)32-26(19)34)27-25(42-30(37)22-15-9-4-10-16-22)24(41-29(36)21-13-7-3-8-14-21)23(40-27)18-39-28(35)20-11-5-2-6-12-20/h2-17,23-25,27H,18H2,1H3,(H,32,34,38)/t23-,24+,25+,27+/m0/s1. The second-order valence-corrected chi connectivity index (χ2v) is 9.48. The molecule has 3 aromatic carbocycles. The Kier molecular flexibility index (Phi) is 8.39. The fraction of sp³-hybridized carbons (Fsp3) is 0.194. The van der Waals surface area contributed by atoms with Crippen molar-refractivity contribution in [3.8, 4) is 0 Å². The molecule has 1 aliphatic rings. The zero-order chi connectivity index (χ0) is 29.6. The van der Waals surface area contributed by atoms with Crippen LogP contribution in [-0.4, -0.2) is 52.4 Å². The number of carbonyl (C=O) groups is 3. The molecule has 2 heterocycles. The number of aromatic amines is 1. The Morgan fingerprint density at radius 3 is 1.74 bits per heavy atom. The van der Waals surface area contributed by atoms with E-state index in [2.05, 4.69) is 4.98 Å². The Morgan fingerprint density at radius 2 is 1.21 bits per heavy atom. The van der Waals surface area contributed by atoms with Crippen LogP contribution in [0, 0.1) is 6.92 Å². The predicted octanol–water partition coefficient (Wildman–Crippen LogP) is 3.05. The van der Waals surface area contributed by atoms with E-state index in [0.717, 1.165) is 4.57 Å². The van der Waals surface area contributed by atoms with E-state index in [9.17, 15) is 24.0 Å². The van der Waals surface area contributed by atoms with Gasteiger partial charge in [-0.3, -0.25) is 14.3 Å². The van der Waals surface area contributed by atoms with Crippen LogP contribution in [-0.2, 0) is 18.9 Å². The van der Waals surface area contributed by atoms with Crippen LogP contribution in [0.5, 0.6) is 0 Å². The number of esters is 3. The number of H-pyrrole nitrogens is 1. The number of carbonyl (C=O) groups excluding carboxylic acids is 3. The fourth-order valence-corrected chi connectivity index (χ4v) is 4.46. The Balaban J connectivity index is 1.52. The summed E-state index contributed by atoms with van der Waals surface area (Å²) in [4.78, 5) is 66.2. The molecule has 0 bridgehead atoms. The SMILES string of the molecule is Cc1cn([C@@H]2O[C@@H](COC(=O)c3ccccc3)[C@@H](OC(=O)c3ccccc3)[C@H]2OC(=O)c2ccccc2)c(=O)[nH]c1=O. The lowest BCUT2D eigenvalue weighted by molar-refractivity contribution is -0.0640. The van der Waals surface area contributed by atoms with Crippen molar-refractivity contribution in [3.63, 3.8) is 0 Å². The monoisotopic (exact) mass is 570 g/mol. The van der Waals surface area contributed by atoms with Crippen LogP contribution in [0.4, 0.5) is 0 Å². The maximum atomic E-state index is 13.2. The van der Waals surface area contributed by atoms with E-state index in [1.165, 1.54) is 25.3 Å². The Labute approximate surface area is 239 Å². The number of rotatable bonds is 8. The zero-order valence-corrected chi connectivity index (χ0v) is 22.4. The van der Waals surface area contributed by atoms with E-state index in [0.29, 0.717) is 0 Å². The molecule has 0 unspecified atom stereocenters. The van der Waals surface area contributed by atoms with Crippen LogP contribution in [0.1, 0.15) is 42.9 Å². The molecule has 11 heteroatoms. The number of hydrogen-bond acceptors (Lipinski definition) is 9. The van der Waals surface area contributed by atoms with Crippen molar-refractivity contribution < 1.29 is 33.3 Å². The highest BCUT2D eigenvalue weighted by Gasteiger charge is 2.51. The first kappa shape index (κ1) is 28.2. The van der Waals surface area contributed by atoms with Crippen molar-refractivity contribution in [1.29, 1.82) is 0 Å². The van der Waals surface area contributed by atoms with Gasteiger partial charge in [-0.05, 0) is 43.3 Å². The molecule has 4 aromatic rings. The molecule has 4 atom stereocenters. The molecule has 0 amide bonds. The summed E-state index contributed by atoms with van der Waals surface area (Å²) >= 11 is 0. The highest BCUT2D eigenvalue weighted by molar-refractivity contribution is 5.91. The first-order valence-electron chi connectivity index (χ1n) is 13.0. The molecule has 214 valence electrons. The van der Waals surface area contributed by atoms with Gasteiger partial charge in [0.1, 0.15) is 12.7 Å². The summed E-state index contributed by atoms with van der Waals surface area (Å²) in [5.41, 5.74) is -0.564. The highest BCUT2D eigenvalue weighted by atomic mass is 16.7. The van der Waals surface area contributed by atoms with Gasteiger partial charge in [0.25, 0.3) is 5.56 Å². The maximum absolute atomic E-state index is 13.2. The molecule has 11 nitrogen and oxygen atoms in total. The second-order valence-electron chi connectivity index (χ2n) is 9.48. The summed E-state index contributed by atoms with van der Waals surface area (Å²) in [6, 6.07) is 24.4. The average Bonchev–Trinajstić information content (AvgIpc) is 3.34. The molecule has 1 aromatic heterocycles. The summed E-state index contributed by atoms with van der Waals surface area (Å²) in [7, 11) is 0. The van der Waals surface area contributed by atoms with E-state index >= 15 is 0 Å². The van der Waals surface area contributed by atoms with E-state index in [4.69, 9.17) is 18.9 Å². The largest absolute Gasteiger partial charge is 0.459 e. The smallest absolute Gasteiger partial charge is 0.338 e. The Hall–Kier alpha value is -5.29. The Bertz CT molecular complexity index is 1680. The van der Waals surface area contributed by atoms with E-state index < -0.39 is 60.3 Å². The van der Waals surface area contributed by atoms with Gasteiger partial charge in [0.2, 0.25) is 0 Å². The van der Waals surface area contributed by atoms with E-state index in [1.807, 2.05) is 0 Å². The highest BCUT2D eigenvalue weighted by Crippen LogP contribution is 2.34. The van der Waals surface area contributed by atoms with Gasteiger partial charge in [0.05, 0.1) is 16.7 Å². The minimum Gasteiger partial charge on any atom is -0.459 e. The topological polar surface area (TPSA) is 143 Å². The van der Waals surface area contributed by atoms with Crippen LogP contribution in [0.2, 0.25) is 0 Å². The molecular weight excluding hydrogens is 544 g/mol. The molecule has 42 heavy (non-hydrogen) atoms. The van der Waals surface area contributed by atoms with Gasteiger partial charge in [0, 0.05) is 11.8 Å². The van der Waals surface area contributed by atoms with Gasteiger partial charge < -0.3 is 18.9 Å². The summed E-state index contributed by atoms with van der Waals surface area (Å²) in [5, 5.41) is 0. The summed E-state index contributed by atoms with van der Waals surface area (Å²) in [6.07, 6.45) is -3.96. The van der Waals surface area contributed by atoms with Gasteiger partial charge in [0.15, 0.2) is 18.4 Å². The third kappa shape index (κ3) is 6.21. The number of hydrogen-bond donors (Lipinski definition) is 1. The molecule has 0 saturated carbocycles. The predicted molar refractivity (Wildman–Crippen MR) is 148 cm³/mol. The molecule has 0 spiro atoms. The third-order valence-electron chi connectivity index (χ3n) is 6.60. The minimum absolute atomic E-state index is 0.183. The lowest BCUT2D eigenvalue weighted by atomic mass is 10.1. The Morgan fingerprint density at radius 1 is 0.738 bits per heavy atom. The quantitative estimate of drug-likeness (QED) is 0.250. The summed E-state index contributed by atoms with van der Waals surface area (Å²) < 4.78 is 24.3. The van der Waals surface area contributed by atoms with Gasteiger partial charge in [-0.15, -0.1) is 0 Å². The molecule has 1 saturated heterocycles. The molecule has 0 aliphatic carbocycles. The molecule has 1 fully saturated rings. The number of nitrogens with one attached hydrogen (secondary N) is 1. The third-order valence-corrected chi connectivity index (χ3v) is 6.60. The van der Waals surface area contributed by atoms with Crippen molar-refractivity contribution in [1.82, 2.24) is 9.55 Å². The second kappa shape index (κ2) is 12.5. The number of nitrogens with zero attached hydrogens (tertiary/aromatic N) is 1. The molecule has 1 aliphatic heterocycles. The number of aromatic nitrogens is 2. The first-order valence-corrected chi connectivity index (χ1v) is 13.0. The lowest BCUT2D eigenvalue weighted by Crippen LogP contribution is -2.43. The van der Waals surface area contributed by atoms with Crippen LogP contribution in [0.3, 0.4) is 0 Å². The number of benzene rings is 3. The van der Waals surface area contributed by atoms with Gasteiger partial charge in [-0.2, -0.15) is 0 Å². The van der Waals surface area contributed by atoms with Crippen molar-refractivity contribution >= 4 is 17.9 Å². The van der Waals surface area contributed by atoms with Crippen LogP contribution in [0.15, 0.2) is 107 Å². The number of ether oxygens (including phenoxy) is 4. The van der Waals surface area contributed by atoms with Crippen molar-refractivity contribution in [2.24, 2.45) is 0 Å². The first-order chi connectivity index (χ1) is 20.3. The van der Waals surface area contributed by atoms with Crippen molar-refractivity contribution in [2.75, 3.05) is 6.61 Å². The fourth-order valence-electron chi connectivity index (χ4n) is 4.46. The van der Waals surface area contributed by atoms with Crippen LogP contribution >= 0.6 is 0 Å². The van der Waals surface area contributed by atoms with Gasteiger partial charge >= 0.3 is 23.6 Å². The average molecular weight is 571 g/mol. The van der Waals surface area contributed by atoms with Gasteiger partial charge in [-0.1, -0.05) is 54.6 Å². The lowest BCUT2D eigenvalue weighted by Gasteiger charge is -2.25. The maximum Gasteiger partial charge on any atom is 0.338 e. The minimum atomic E-state index is -1.38. The van der Waals surface area contributed by atoms with Gasteiger partial charge in [-0.25, -0.2) is 19.2 Å². The summed E-state index contributed by atoms with van der Waals surface area (Å²) in [6.45, 7) is 1.08. The van der Waals surface area contributed by atoms with E-state index in [1.54, 1.807) is 78.9 Å². The van der Waals surface area contributed by atoms with Crippen molar-refractivity contribution in [2.45, 2.75) is 31.5 Å². The summed E-state index contributed by atoms with van der Waals surface area (Å²) in [5.74, 6) is -2.19. The molecule has 5 rings (SSSR count). The molecule has 0 radical (unpaired) electrons. The van der Waals surface area contributed by atoms with E-state index in [-0.39, 0.29) is 22.3 Å². The van der Waals surface area contributed by atoms with Crippen molar-refractivity contribution in [3.05, 3.63) is 140 Å². The molecule has 1 N–H and O–H groups in total. The normalized spacial score (nSPS) is 19.5. The van der Waals surface area contributed by atoms with Crippen LogP contribution in [0.25, 0.3) is 0 Å². The number of aryl methyl sites for hydroxylation is 1. The van der Waals surface area contributed by atoms with Crippen LogP contribution < -0.4 is 11.2 Å². The molecular formula is C31H26N2O9.